The lowest BCUT2D eigenvalue weighted by atomic mass is 10.1. The van der Waals surface area contributed by atoms with Crippen LogP contribution in [0.15, 0.2) is 36.4 Å². The fourth-order valence-electron chi connectivity index (χ4n) is 2.40. The van der Waals surface area contributed by atoms with Crippen LogP contribution in [-0.2, 0) is 6.54 Å². The standard InChI is InChI=1S/C17H16ClN3O2S/c1-3-23-16-7-5-12(9-13(16)18)17(22)21(2)10-11-4-6-14-15(8-11)20-24-19-14/h4-9H,3,10H2,1-2H3. The van der Waals surface area contributed by atoms with Crippen LogP contribution in [0.1, 0.15) is 22.8 Å². The zero-order valence-corrected chi connectivity index (χ0v) is 14.9. The number of rotatable bonds is 5. The van der Waals surface area contributed by atoms with Crippen molar-refractivity contribution in [2.24, 2.45) is 0 Å². The van der Waals surface area contributed by atoms with E-state index in [1.165, 1.54) is 11.7 Å². The molecule has 7 heteroatoms. The Labute approximate surface area is 149 Å². The summed E-state index contributed by atoms with van der Waals surface area (Å²) in [6.45, 7) is 2.90. The molecule has 0 saturated heterocycles. The topological polar surface area (TPSA) is 55.3 Å². The van der Waals surface area contributed by atoms with E-state index in [1.54, 1.807) is 30.1 Å². The molecule has 5 nitrogen and oxygen atoms in total. The average molecular weight is 362 g/mol. The van der Waals surface area contributed by atoms with E-state index < -0.39 is 0 Å². The first-order valence-corrected chi connectivity index (χ1v) is 8.58. The van der Waals surface area contributed by atoms with Gasteiger partial charge in [0.05, 0.1) is 23.4 Å². The largest absolute Gasteiger partial charge is 0.492 e. The number of carbonyl (C=O) groups excluding carboxylic acids is 1. The number of amides is 1. The molecule has 0 spiro atoms. The van der Waals surface area contributed by atoms with Crippen LogP contribution in [0, 0.1) is 0 Å². The Morgan fingerprint density at radius 3 is 2.75 bits per heavy atom. The third-order valence-corrected chi connectivity index (χ3v) is 4.42. The van der Waals surface area contributed by atoms with Crippen LogP contribution in [0.5, 0.6) is 5.75 Å². The van der Waals surface area contributed by atoms with Crippen LogP contribution in [-0.4, -0.2) is 33.2 Å². The lowest BCUT2D eigenvalue weighted by Gasteiger charge is -2.18. The Balaban J connectivity index is 1.75. The Hall–Kier alpha value is -2.18. The van der Waals surface area contributed by atoms with Crippen molar-refractivity contribution in [1.82, 2.24) is 13.6 Å². The van der Waals surface area contributed by atoms with Crippen molar-refractivity contribution in [1.29, 1.82) is 0 Å². The van der Waals surface area contributed by atoms with Crippen LogP contribution >= 0.6 is 23.3 Å². The van der Waals surface area contributed by atoms with Crippen molar-refractivity contribution in [3.05, 3.63) is 52.5 Å². The molecule has 3 aromatic rings. The molecule has 124 valence electrons. The first-order valence-electron chi connectivity index (χ1n) is 7.47. The van der Waals surface area contributed by atoms with E-state index >= 15 is 0 Å². The summed E-state index contributed by atoms with van der Waals surface area (Å²) in [7, 11) is 1.76. The van der Waals surface area contributed by atoms with Crippen molar-refractivity contribution in [3.8, 4) is 5.75 Å². The van der Waals surface area contributed by atoms with E-state index in [0.717, 1.165) is 16.6 Å². The molecule has 0 unspecified atom stereocenters. The van der Waals surface area contributed by atoms with Gasteiger partial charge in [0.25, 0.3) is 5.91 Å². The van der Waals surface area contributed by atoms with Gasteiger partial charge in [0.15, 0.2) is 0 Å². The molecule has 2 aromatic carbocycles. The molecule has 1 amide bonds. The van der Waals surface area contributed by atoms with Gasteiger partial charge in [-0.05, 0) is 42.8 Å². The summed E-state index contributed by atoms with van der Waals surface area (Å²) in [5.74, 6) is 0.483. The van der Waals surface area contributed by atoms with E-state index in [2.05, 4.69) is 8.75 Å². The number of hydrogen-bond acceptors (Lipinski definition) is 5. The minimum atomic E-state index is -0.101. The molecule has 0 atom stereocenters. The quantitative estimate of drug-likeness (QED) is 0.688. The summed E-state index contributed by atoms with van der Waals surface area (Å²) in [6.07, 6.45) is 0. The lowest BCUT2D eigenvalue weighted by molar-refractivity contribution is 0.0785. The molecule has 0 aliphatic rings. The van der Waals surface area contributed by atoms with Gasteiger partial charge in [-0.3, -0.25) is 4.79 Å². The van der Waals surface area contributed by atoms with Gasteiger partial charge in [-0.1, -0.05) is 17.7 Å². The molecule has 0 bridgehead atoms. The van der Waals surface area contributed by atoms with E-state index in [1.807, 2.05) is 25.1 Å². The molecular formula is C17H16ClN3O2S. The van der Waals surface area contributed by atoms with Crippen LogP contribution in [0.25, 0.3) is 11.0 Å². The van der Waals surface area contributed by atoms with Gasteiger partial charge in [-0.25, -0.2) is 0 Å². The fraction of sp³-hybridized carbons (Fsp3) is 0.235. The van der Waals surface area contributed by atoms with Gasteiger partial charge < -0.3 is 9.64 Å². The fourth-order valence-corrected chi connectivity index (χ4v) is 3.15. The highest BCUT2D eigenvalue weighted by molar-refractivity contribution is 7.00. The van der Waals surface area contributed by atoms with Crippen LogP contribution in [0.3, 0.4) is 0 Å². The minimum absolute atomic E-state index is 0.101. The van der Waals surface area contributed by atoms with Gasteiger partial charge in [-0.2, -0.15) is 8.75 Å². The number of nitrogens with zero attached hydrogens (tertiary/aromatic N) is 3. The van der Waals surface area contributed by atoms with Crippen molar-refractivity contribution in [2.75, 3.05) is 13.7 Å². The SMILES string of the molecule is CCOc1ccc(C(=O)N(C)Cc2ccc3nsnc3c2)cc1Cl. The summed E-state index contributed by atoms with van der Waals surface area (Å²) in [6, 6.07) is 10.9. The molecule has 0 saturated carbocycles. The summed E-state index contributed by atoms with van der Waals surface area (Å²) >= 11 is 7.34. The molecule has 3 rings (SSSR count). The van der Waals surface area contributed by atoms with Gasteiger partial charge in [0, 0.05) is 19.2 Å². The molecule has 0 aliphatic carbocycles. The van der Waals surface area contributed by atoms with Gasteiger partial charge in [0.1, 0.15) is 16.8 Å². The van der Waals surface area contributed by atoms with Crippen LogP contribution in [0.2, 0.25) is 5.02 Å². The third kappa shape index (κ3) is 3.49. The predicted molar refractivity (Wildman–Crippen MR) is 95.8 cm³/mol. The van der Waals surface area contributed by atoms with Crippen LogP contribution in [0.4, 0.5) is 0 Å². The molecule has 1 heterocycles. The van der Waals surface area contributed by atoms with E-state index in [9.17, 15) is 4.79 Å². The number of halogens is 1. The third-order valence-electron chi connectivity index (χ3n) is 3.56. The van der Waals surface area contributed by atoms with Gasteiger partial charge in [0.2, 0.25) is 0 Å². The van der Waals surface area contributed by atoms with Crippen LogP contribution < -0.4 is 4.74 Å². The Morgan fingerprint density at radius 2 is 2.00 bits per heavy atom. The Bertz CT molecular complexity index is 881. The highest BCUT2D eigenvalue weighted by Crippen LogP contribution is 2.26. The average Bonchev–Trinajstić information content (AvgIpc) is 3.04. The monoisotopic (exact) mass is 361 g/mol. The second-order valence-electron chi connectivity index (χ2n) is 5.33. The second-order valence-corrected chi connectivity index (χ2v) is 6.26. The summed E-state index contributed by atoms with van der Waals surface area (Å²) in [4.78, 5) is 14.2. The van der Waals surface area contributed by atoms with E-state index in [0.29, 0.717) is 29.5 Å². The van der Waals surface area contributed by atoms with Gasteiger partial charge >= 0.3 is 0 Å². The predicted octanol–water partition coefficient (Wildman–Crippen LogP) is 4.02. The number of aromatic nitrogens is 2. The summed E-state index contributed by atoms with van der Waals surface area (Å²) < 4.78 is 13.8. The van der Waals surface area contributed by atoms with E-state index in [-0.39, 0.29) is 5.91 Å². The highest BCUT2D eigenvalue weighted by Gasteiger charge is 2.14. The molecule has 24 heavy (non-hydrogen) atoms. The zero-order chi connectivity index (χ0) is 17.1. The zero-order valence-electron chi connectivity index (χ0n) is 13.3. The van der Waals surface area contributed by atoms with Gasteiger partial charge in [-0.15, -0.1) is 0 Å². The van der Waals surface area contributed by atoms with Crippen molar-refractivity contribution < 1.29 is 9.53 Å². The Morgan fingerprint density at radius 1 is 1.21 bits per heavy atom. The van der Waals surface area contributed by atoms with Crippen molar-refractivity contribution in [2.45, 2.75) is 13.5 Å². The molecule has 0 radical (unpaired) electrons. The smallest absolute Gasteiger partial charge is 0.253 e. The first-order chi connectivity index (χ1) is 11.6. The number of carbonyl (C=O) groups is 1. The lowest BCUT2D eigenvalue weighted by Crippen LogP contribution is -2.26. The second kappa shape index (κ2) is 7.15. The number of hydrogen-bond donors (Lipinski definition) is 0. The number of ether oxygens (including phenoxy) is 1. The van der Waals surface area contributed by atoms with Crippen molar-refractivity contribution in [3.63, 3.8) is 0 Å². The summed E-state index contributed by atoms with van der Waals surface area (Å²) in [5.41, 5.74) is 3.25. The number of benzene rings is 2. The normalized spacial score (nSPS) is 10.8. The first kappa shape index (κ1) is 16.7. The summed E-state index contributed by atoms with van der Waals surface area (Å²) in [5, 5.41) is 0.436. The molecular weight excluding hydrogens is 346 g/mol. The molecule has 0 N–H and O–H groups in total. The Kier molecular flexibility index (Phi) is 4.97. The maximum absolute atomic E-state index is 12.6. The minimum Gasteiger partial charge on any atom is -0.492 e. The highest BCUT2D eigenvalue weighted by atomic mass is 35.5. The molecule has 0 aliphatic heterocycles. The maximum Gasteiger partial charge on any atom is 0.253 e. The van der Waals surface area contributed by atoms with E-state index in [4.69, 9.17) is 16.3 Å². The van der Waals surface area contributed by atoms with Crippen molar-refractivity contribution >= 4 is 40.3 Å². The maximum atomic E-state index is 12.6. The molecule has 0 fully saturated rings. The molecule has 1 aromatic heterocycles. The number of fused-ring (bicyclic) bond motifs is 1.